The normalized spacial score (nSPS) is 21.9. The molecule has 3 heteroatoms. The summed E-state index contributed by atoms with van der Waals surface area (Å²) in [6, 6.07) is 10.0. The van der Waals surface area contributed by atoms with E-state index >= 15 is 0 Å². The Kier molecular flexibility index (Phi) is 3.26. The summed E-state index contributed by atoms with van der Waals surface area (Å²) in [5, 5.41) is 14.9. The van der Waals surface area contributed by atoms with Crippen molar-refractivity contribution in [2.45, 2.75) is 18.9 Å². The van der Waals surface area contributed by atoms with Gasteiger partial charge in [-0.15, -0.1) is 0 Å². The number of aliphatic hydroxyl groups is 1. The van der Waals surface area contributed by atoms with Crippen LogP contribution in [0.1, 0.15) is 24.5 Å². The number of nitrogens with one attached hydrogen (secondary N) is 1. The summed E-state index contributed by atoms with van der Waals surface area (Å²) < 4.78 is 0. The molecule has 1 saturated heterocycles. The van der Waals surface area contributed by atoms with Gasteiger partial charge in [0.05, 0.1) is 11.6 Å². The molecule has 0 saturated carbocycles. The maximum Gasteiger partial charge on any atom is 0.0831 e. The van der Waals surface area contributed by atoms with Crippen molar-refractivity contribution in [3.63, 3.8) is 0 Å². The van der Waals surface area contributed by atoms with Crippen LogP contribution >= 0.6 is 0 Å². The van der Waals surface area contributed by atoms with Crippen LogP contribution in [-0.4, -0.2) is 23.2 Å². The van der Waals surface area contributed by atoms with Gasteiger partial charge in [0.1, 0.15) is 0 Å². The number of aromatic nitrogens is 1. The van der Waals surface area contributed by atoms with E-state index in [2.05, 4.69) is 10.3 Å². The molecule has 3 rings (SSSR count). The minimum Gasteiger partial charge on any atom is -0.388 e. The molecule has 1 aromatic heterocycles. The van der Waals surface area contributed by atoms with E-state index in [4.69, 9.17) is 0 Å². The van der Waals surface area contributed by atoms with Gasteiger partial charge in [-0.05, 0) is 37.1 Å². The maximum atomic E-state index is 10.4. The summed E-state index contributed by atoms with van der Waals surface area (Å²) in [5.74, 6) is 0.319. The van der Waals surface area contributed by atoms with Crippen molar-refractivity contribution in [1.29, 1.82) is 0 Å². The Morgan fingerprint density at radius 1 is 1.33 bits per heavy atom. The summed E-state index contributed by atoms with van der Waals surface area (Å²) in [5.41, 5.74) is 1.94. The third-order valence-electron chi connectivity index (χ3n) is 3.75. The average molecular weight is 242 g/mol. The van der Waals surface area contributed by atoms with Crippen LogP contribution in [0.15, 0.2) is 36.5 Å². The lowest BCUT2D eigenvalue weighted by Crippen LogP contribution is -2.33. The molecule has 1 fully saturated rings. The lowest BCUT2D eigenvalue weighted by Gasteiger charge is -2.27. The largest absolute Gasteiger partial charge is 0.388 e. The maximum absolute atomic E-state index is 10.4. The second-order valence-corrected chi connectivity index (χ2v) is 5.01. The minimum absolute atomic E-state index is 0.319. The van der Waals surface area contributed by atoms with Crippen LogP contribution in [0.25, 0.3) is 10.9 Å². The number of hydrogen-bond donors (Lipinski definition) is 2. The smallest absolute Gasteiger partial charge is 0.0831 e. The molecular weight excluding hydrogens is 224 g/mol. The first-order valence-electron chi connectivity index (χ1n) is 6.58. The Labute approximate surface area is 107 Å². The SMILES string of the molecule is OC(c1ccc2cccnc2c1)C1CCCNC1. The van der Waals surface area contributed by atoms with Crippen LogP contribution in [0.2, 0.25) is 0 Å². The fourth-order valence-electron chi connectivity index (χ4n) is 2.69. The lowest BCUT2D eigenvalue weighted by atomic mass is 9.89. The first-order valence-corrected chi connectivity index (χ1v) is 6.58. The monoisotopic (exact) mass is 242 g/mol. The first kappa shape index (κ1) is 11.6. The zero-order chi connectivity index (χ0) is 12.4. The van der Waals surface area contributed by atoms with Gasteiger partial charge in [-0.3, -0.25) is 4.98 Å². The molecule has 2 heterocycles. The molecule has 1 aliphatic rings. The van der Waals surface area contributed by atoms with Gasteiger partial charge in [0, 0.05) is 24.0 Å². The number of pyridine rings is 1. The van der Waals surface area contributed by atoms with E-state index in [1.807, 2.05) is 30.3 Å². The summed E-state index contributed by atoms with van der Waals surface area (Å²) in [4.78, 5) is 4.34. The third-order valence-corrected chi connectivity index (χ3v) is 3.75. The van der Waals surface area contributed by atoms with Crippen LogP contribution < -0.4 is 5.32 Å². The second kappa shape index (κ2) is 5.04. The molecule has 0 amide bonds. The number of rotatable bonds is 2. The highest BCUT2D eigenvalue weighted by Gasteiger charge is 2.22. The summed E-state index contributed by atoms with van der Waals surface area (Å²) in [6.45, 7) is 1.98. The van der Waals surface area contributed by atoms with Crippen LogP contribution in [0.3, 0.4) is 0 Å². The fraction of sp³-hybridized carbons (Fsp3) is 0.400. The number of benzene rings is 1. The Bertz CT molecular complexity index is 535. The van der Waals surface area contributed by atoms with E-state index in [0.29, 0.717) is 5.92 Å². The third kappa shape index (κ3) is 2.24. The molecule has 2 unspecified atom stereocenters. The molecule has 1 aromatic carbocycles. The van der Waals surface area contributed by atoms with Crippen molar-refractivity contribution in [1.82, 2.24) is 10.3 Å². The van der Waals surface area contributed by atoms with Crippen LogP contribution in [0, 0.1) is 5.92 Å². The first-order chi connectivity index (χ1) is 8.84. The van der Waals surface area contributed by atoms with Gasteiger partial charge in [-0.1, -0.05) is 18.2 Å². The molecule has 0 aliphatic carbocycles. The number of fused-ring (bicyclic) bond motifs is 1. The molecule has 3 nitrogen and oxygen atoms in total. The molecule has 2 N–H and O–H groups in total. The fourth-order valence-corrected chi connectivity index (χ4v) is 2.69. The lowest BCUT2D eigenvalue weighted by molar-refractivity contribution is 0.0923. The van der Waals surface area contributed by atoms with Crippen LogP contribution in [0.5, 0.6) is 0 Å². The van der Waals surface area contributed by atoms with Crippen molar-refractivity contribution < 1.29 is 5.11 Å². The highest BCUT2D eigenvalue weighted by atomic mass is 16.3. The predicted octanol–water partition coefficient (Wildman–Crippen LogP) is 2.27. The Hall–Kier alpha value is -1.45. The van der Waals surface area contributed by atoms with Gasteiger partial charge in [0.25, 0.3) is 0 Å². The van der Waals surface area contributed by atoms with E-state index < -0.39 is 0 Å². The molecule has 94 valence electrons. The molecule has 2 aromatic rings. The Morgan fingerprint density at radius 3 is 3.11 bits per heavy atom. The number of hydrogen-bond acceptors (Lipinski definition) is 3. The zero-order valence-electron chi connectivity index (χ0n) is 10.3. The minimum atomic E-state index is -0.385. The highest BCUT2D eigenvalue weighted by molar-refractivity contribution is 5.78. The van der Waals surface area contributed by atoms with Crippen molar-refractivity contribution in [2.75, 3.05) is 13.1 Å². The summed E-state index contributed by atoms with van der Waals surface area (Å²) in [7, 11) is 0. The quantitative estimate of drug-likeness (QED) is 0.849. The summed E-state index contributed by atoms with van der Waals surface area (Å²) >= 11 is 0. The predicted molar refractivity (Wildman–Crippen MR) is 72.3 cm³/mol. The van der Waals surface area contributed by atoms with Gasteiger partial charge < -0.3 is 10.4 Å². The topological polar surface area (TPSA) is 45.2 Å². The average Bonchev–Trinajstić information content (AvgIpc) is 2.47. The van der Waals surface area contributed by atoms with E-state index in [1.54, 1.807) is 6.20 Å². The highest BCUT2D eigenvalue weighted by Crippen LogP contribution is 2.28. The van der Waals surface area contributed by atoms with E-state index in [0.717, 1.165) is 42.4 Å². The van der Waals surface area contributed by atoms with Crippen molar-refractivity contribution in [2.24, 2.45) is 5.92 Å². The van der Waals surface area contributed by atoms with E-state index in [1.165, 1.54) is 0 Å². The standard InChI is InChI=1S/C15H18N2O/c18-15(13-4-1-7-16-10-13)12-6-5-11-3-2-8-17-14(11)9-12/h2-3,5-6,8-9,13,15-16,18H,1,4,7,10H2. The number of piperidine rings is 1. The number of aliphatic hydroxyl groups excluding tert-OH is 1. The van der Waals surface area contributed by atoms with E-state index in [9.17, 15) is 5.11 Å². The molecule has 0 radical (unpaired) electrons. The molecule has 18 heavy (non-hydrogen) atoms. The molecular formula is C15H18N2O. The van der Waals surface area contributed by atoms with E-state index in [-0.39, 0.29) is 6.10 Å². The van der Waals surface area contributed by atoms with Gasteiger partial charge in [0.15, 0.2) is 0 Å². The van der Waals surface area contributed by atoms with Crippen LogP contribution in [-0.2, 0) is 0 Å². The van der Waals surface area contributed by atoms with Crippen molar-refractivity contribution in [3.05, 3.63) is 42.1 Å². The van der Waals surface area contributed by atoms with Gasteiger partial charge in [0.2, 0.25) is 0 Å². The zero-order valence-corrected chi connectivity index (χ0v) is 10.3. The van der Waals surface area contributed by atoms with Gasteiger partial charge in [-0.25, -0.2) is 0 Å². The van der Waals surface area contributed by atoms with Gasteiger partial charge in [-0.2, -0.15) is 0 Å². The Morgan fingerprint density at radius 2 is 2.28 bits per heavy atom. The number of nitrogens with zero attached hydrogens (tertiary/aromatic N) is 1. The molecule has 2 atom stereocenters. The van der Waals surface area contributed by atoms with Crippen LogP contribution in [0.4, 0.5) is 0 Å². The molecule has 1 aliphatic heterocycles. The van der Waals surface area contributed by atoms with Gasteiger partial charge >= 0.3 is 0 Å². The summed E-state index contributed by atoms with van der Waals surface area (Å²) in [6.07, 6.45) is 3.65. The molecule has 0 spiro atoms. The Balaban J connectivity index is 1.88. The second-order valence-electron chi connectivity index (χ2n) is 5.01. The molecule has 0 bridgehead atoms. The van der Waals surface area contributed by atoms with Crippen molar-refractivity contribution >= 4 is 10.9 Å². The van der Waals surface area contributed by atoms with Crippen molar-refractivity contribution in [3.8, 4) is 0 Å².